The van der Waals surface area contributed by atoms with E-state index in [1.165, 1.54) is 12.1 Å². The standard InChI is InChI=1S/C38H24N2S/c1-2-8-25(9-3-1)35-21-22-36(41-35)29-11-6-10-28(24-29)30-18-19-33(32-14-5-4-13-31(30)32)34-20-17-27-16-15-26-12-7-23-39-37(26)38(27)40-34/h1-24H/i1D,2D,3D,6D,7D,8D,9D,10D,11D,12D,15D,16D,17D,20D,21D,22D,23D,24D. The molecule has 8 aromatic rings. The normalized spacial score (nSPS) is 17.6. The van der Waals surface area contributed by atoms with Crippen LogP contribution in [0.3, 0.4) is 0 Å². The fraction of sp³-hybridized carbons (Fsp3) is 0. The second-order valence-electron chi connectivity index (χ2n) is 8.85. The Morgan fingerprint density at radius 3 is 2.07 bits per heavy atom. The van der Waals surface area contributed by atoms with Crippen LogP contribution in [-0.4, -0.2) is 9.97 Å². The number of thiophene rings is 1. The number of benzene rings is 5. The van der Waals surface area contributed by atoms with Crippen molar-refractivity contribution in [1.82, 2.24) is 9.97 Å². The molecule has 0 aliphatic heterocycles. The molecule has 5 aromatic carbocycles. The SMILES string of the molecule is [2H]c1nc2c(c([2H])c1[2H])c([2H])c([2H])c1c([2H])c([2H])c(-c3ccc(-c4c([2H])c([2H])c([2H])c(-c5sc(-c6c([2H])c([2H])c([2H])c([2H])c6[2H])c([2H])c5[2H])c4[2H])c4ccccc34)nc12. The van der Waals surface area contributed by atoms with Crippen LogP contribution in [0.1, 0.15) is 24.7 Å². The average Bonchev–Trinajstić information content (AvgIpc) is 3.49. The van der Waals surface area contributed by atoms with Gasteiger partial charge in [0.2, 0.25) is 0 Å². The van der Waals surface area contributed by atoms with Gasteiger partial charge < -0.3 is 0 Å². The monoisotopic (exact) mass is 558 g/mol. The number of hydrogen-bond donors (Lipinski definition) is 0. The van der Waals surface area contributed by atoms with Crippen LogP contribution in [0.4, 0.5) is 0 Å². The quantitative estimate of drug-likeness (QED) is 0.201. The van der Waals surface area contributed by atoms with Gasteiger partial charge in [-0.05, 0) is 63.2 Å². The lowest BCUT2D eigenvalue weighted by Gasteiger charge is -2.13. The molecule has 0 bridgehead atoms. The van der Waals surface area contributed by atoms with E-state index >= 15 is 0 Å². The molecule has 0 unspecified atom stereocenters. The van der Waals surface area contributed by atoms with Gasteiger partial charge >= 0.3 is 0 Å². The predicted molar refractivity (Wildman–Crippen MR) is 174 cm³/mol. The van der Waals surface area contributed by atoms with Crippen LogP contribution in [0.5, 0.6) is 0 Å². The first-order valence-electron chi connectivity index (χ1n) is 21.3. The van der Waals surface area contributed by atoms with Crippen molar-refractivity contribution in [2.45, 2.75) is 0 Å². The van der Waals surface area contributed by atoms with Crippen LogP contribution in [0, 0.1) is 0 Å². The van der Waals surface area contributed by atoms with Gasteiger partial charge in [-0.25, -0.2) is 4.98 Å². The van der Waals surface area contributed by atoms with E-state index in [4.69, 9.17) is 23.3 Å². The van der Waals surface area contributed by atoms with Crippen LogP contribution in [0.25, 0.3) is 75.8 Å². The first-order valence-corrected chi connectivity index (χ1v) is 13.1. The lowest BCUT2D eigenvalue weighted by atomic mass is 9.92. The Balaban J connectivity index is 1.38. The highest BCUT2D eigenvalue weighted by Crippen LogP contribution is 2.39. The summed E-state index contributed by atoms with van der Waals surface area (Å²) in [6.07, 6.45) is -0.575. The zero-order chi connectivity index (χ0) is 42.8. The van der Waals surface area contributed by atoms with E-state index in [-0.39, 0.29) is 65.1 Å². The summed E-state index contributed by atoms with van der Waals surface area (Å²) >= 11 is 0.664. The second-order valence-corrected chi connectivity index (χ2v) is 9.87. The number of nitrogens with zero attached hydrogens (tertiary/aromatic N) is 2. The molecule has 0 atom stereocenters. The van der Waals surface area contributed by atoms with Crippen molar-refractivity contribution < 1.29 is 24.7 Å². The Morgan fingerprint density at radius 1 is 0.537 bits per heavy atom. The summed E-state index contributed by atoms with van der Waals surface area (Å²) in [7, 11) is 0. The molecule has 0 spiro atoms. The minimum Gasteiger partial charge on any atom is -0.254 e. The molecule has 0 amide bonds. The smallest absolute Gasteiger partial charge is 0.0972 e. The van der Waals surface area contributed by atoms with Crippen LogP contribution >= 0.6 is 11.3 Å². The third-order valence-corrected chi connectivity index (χ3v) is 7.49. The maximum Gasteiger partial charge on any atom is 0.0972 e. The zero-order valence-electron chi connectivity index (χ0n) is 38.8. The molecular weight excluding hydrogens is 516 g/mol. The van der Waals surface area contributed by atoms with Crippen LogP contribution in [0.15, 0.2) is 145 Å². The highest BCUT2D eigenvalue weighted by molar-refractivity contribution is 7.18. The van der Waals surface area contributed by atoms with Crippen LogP contribution < -0.4 is 0 Å². The van der Waals surface area contributed by atoms with Gasteiger partial charge in [-0.1, -0.05) is 109 Å². The van der Waals surface area contributed by atoms with Crippen molar-refractivity contribution in [1.29, 1.82) is 0 Å². The predicted octanol–water partition coefficient (Wildman–Crippen LogP) is 10.7. The first kappa shape index (κ1) is 11.8. The third-order valence-electron chi connectivity index (χ3n) is 6.47. The lowest BCUT2D eigenvalue weighted by Crippen LogP contribution is -1.91. The van der Waals surface area contributed by atoms with E-state index in [1.807, 2.05) is 0 Å². The summed E-state index contributed by atoms with van der Waals surface area (Å²) in [5.41, 5.74) is -0.569. The molecule has 0 N–H and O–H groups in total. The third kappa shape index (κ3) is 4.19. The first-order chi connectivity index (χ1) is 27.8. The molecule has 8 rings (SSSR count). The molecule has 3 aromatic heterocycles. The Kier molecular flexibility index (Phi) is 2.82. The Labute approximate surface area is 267 Å². The van der Waals surface area contributed by atoms with Gasteiger partial charge in [-0.2, -0.15) is 0 Å². The van der Waals surface area contributed by atoms with Gasteiger partial charge in [0.1, 0.15) is 0 Å². The van der Waals surface area contributed by atoms with Gasteiger partial charge in [-0.3, -0.25) is 4.98 Å². The van der Waals surface area contributed by atoms with E-state index in [1.54, 1.807) is 24.3 Å². The number of pyridine rings is 2. The molecule has 0 radical (unpaired) electrons. The second kappa shape index (κ2) is 9.81. The Hall–Kier alpha value is -5.12. The summed E-state index contributed by atoms with van der Waals surface area (Å²) < 4.78 is 154. The number of hydrogen-bond acceptors (Lipinski definition) is 3. The lowest BCUT2D eigenvalue weighted by molar-refractivity contribution is 1.37. The van der Waals surface area contributed by atoms with Crippen molar-refractivity contribution in [3.8, 4) is 43.3 Å². The maximum absolute atomic E-state index is 9.40. The van der Waals surface area contributed by atoms with E-state index < -0.39 is 109 Å². The van der Waals surface area contributed by atoms with Gasteiger partial charge in [0.05, 0.1) is 41.4 Å². The van der Waals surface area contributed by atoms with E-state index in [9.17, 15) is 1.37 Å². The molecule has 0 saturated heterocycles. The van der Waals surface area contributed by atoms with Crippen LogP contribution in [0.2, 0.25) is 0 Å². The molecule has 3 heteroatoms. The molecule has 0 aliphatic rings. The summed E-state index contributed by atoms with van der Waals surface area (Å²) in [5, 5.41) is 0.382. The highest BCUT2D eigenvalue weighted by atomic mass is 32.1. The topological polar surface area (TPSA) is 25.8 Å². The zero-order valence-corrected chi connectivity index (χ0v) is 21.6. The summed E-state index contributed by atoms with van der Waals surface area (Å²) in [6, 6.07) is 0.399. The van der Waals surface area contributed by atoms with E-state index in [0.29, 0.717) is 22.1 Å². The van der Waals surface area contributed by atoms with Gasteiger partial charge in [0.25, 0.3) is 0 Å². The van der Waals surface area contributed by atoms with Crippen molar-refractivity contribution >= 4 is 43.9 Å². The van der Waals surface area contributed by atoms with Crippen molar-refractivity contribution in [3.63, 3.8) is 0 Å². The minimum atomic E-state index is -0.649. The van der Waals surface area contributed by atoms with Gasteiger partial charge in [0, 0.05) is 32.3 Å². The minimum absolute atomic E-state index is 0.0698. The van der Waals surface area contributed by atoms with Crippen molar-refractivity contribution in [2.75, 3.05) is 0 Å². The number of fused-ring (bicyclic) bond motifs is 4. The molecule has 0 saturated carbocycles. The van der Waals surface area contributed by atoms with Crippen molar-refractivity contribution in [2.24, 2.45) is 0 Å². The highest BCUT2D eigenvalue weighted by Gasteiger charge is 2.13. The summed E-state index contributed by atoms with van der Waals surface area (Å²) in [6.45, 7) is 0. The maximum atomic E-state index is 9.40. The van der Waals surface area contributed by atoms with E-state index in [0.717, 1.165) is 0 Å². The molecular formula is C38H24N2S. The number of rotatable bonds is 4. The summed E-state index contributed by atoms with van der Waals surface area (Å²) in [5.74, 6) is 0. The summed E-state index contributed by atoms with van der Waals surface area (Å²) in [4.78, 5) is 8.45. The Bertz CT molecular complexity index is 3190. The molecule has 0 fully saturated rings. The average molecular weight is 559 g/mol. The molecule has 3 heterocycles. The molecule has 0 aliphatic carbocycles. The number of aromatic nitrogens is 2. The molecule has 41 heavy (non-hydrogen) atoms. The van der Waals surface area contributed by atoms with Gasteiger partial charge in [-0.15, -0.1) is 11.3 Å². The van der Waals surface area contributed by atoms with Crippen LogP contribution in [-0.2, 0) is 0 Å². The fourth-order valence-electron chi connectivity index (χ4n) is 4.61. The molecule has 2 nitrogen and oxygen atoms in total. The molecule has 192 valence electrons. The van der Waals surface area contributed by atoms with Gasteiger partial charge in [0.15, 0.2) is 0 Å². The van der Waals surface area contributed by atoms with Crippen molar-refractivity contribution in [3.05, 3.63) is 145 Å². The largest absolute Gasteiger partial charge is 0.254 e. The Morgan fingerprint density at radius 2 is 1.22 bits per heavy atom. The van der Waals surface area contributed by atoms with E-state index in [2.05, 4.69) is 9.97 Å². The fourth-order valence-corrected chi connectivity index (χ4v) is 5.43.